The Morgan fingerprint density at radius 1 is 1.00 bits per heavy atom. The number of fused-ring (bicyclic) bond motifs is 2. The molecule has 0 unspecified atom stereocenters. The van der Waals surface area contributed by atoms with Crippen LogP contribution in [0.5, 0.6) is 5.75 Å². The number of carbonyl (C=O) groups excluding carboxylic acids is 1. The second-order valence-corrected chi connectivity index (χ2v) is 9.08. The Hall–Kier alpha value is -3.77. The number of nitrogens with one attached hydrogen (secondary N) is 1. The average Bonchev–Trinajstić information content (AvgIpc) is 2.91. The highest BCUT2D eigenvalue weighted by molar-refractivity contribution is 5.90. The first kappa shape index (κ1) is 23.9. The van der Waals surface area contributed by atoms with Gasteiger partial charge in [-0.3, -0.25) is 0 Å². The van der Waals surface area contributed by atoms with Crippen molar-refractivity contribution in [1.29, 1.82) is 0 Å². The molecule has 5 rings (SSSR count). The van der Waals surface area contributed by atoms with E-state index in [4.69, 9.17) is 4.74 Å². The number of hydrogen-bond donors (Lipinski definition) is 1. The normalized spacial score (nSPS) is 17.8. The first-order chi connectivity index (χ1) is 17.5. The van der Waals surface area contributed by atoms with E-state index in [-0.39, 0.29) is 17.7 Å². The Balaban J connectivity index is 1.42. The largest absolute Gasteiger partial charge is 0.489 e. The van der Waals surface area contributed by atoms with Gasteiger partial charge in [-0.1, -0.05) is 66.7 Å². The quantitative estimate of drug-likeness (QED) is 0.314. The van der Waals surface area contributed by atoms with Gasteiger partial charge in [0.1, 0.15) is 29.1 Å². The van der Waals surface area contributed by atoms with Crippen molar-refractivity contribution in [3.63, 3.8) is 0 Å². The summed E-state index contributed by atoms with van der Waals surface area (Å²) >= 11 is 0. The van der Waals surface area contributed by atoms with Crippen LogP contribution < -0.4 is 10.1 Å². The van der Waals surface area contributed by atoms with Gasteiger partial charge >= 0.3 is 5.97 Å². The van der Waals surface area contributed by atoms with Gasteiger partial charge in [0.15, 0.2) is 0 Å². The molecule has 1 aliphatic rings. The van der Waals surface area contributed by atoms with Gasteiger partial charge in [0.2, 0.25) is 0 Å². The van der Waals surface area contributed by atoms with E-state index in [2.05, 4.69) is 47.3 Å². The maximum Gasteiger partial charge on any atom is 0.343 e. The molecule has 4 aromatic rings. The Morgan fingerprint density at radius 3 is 2.58 bits per heavy atom. The fourth-order valence-electron chi connectivity index (χ4n) is 5.09. The molecular weight excluding hydrogens is 460 g/mol. The number of halogens is 2. The van der Waals surface area contributed by atoms with Crippen LogP contribution in [0.25, 0.3) is 10.8 Å². The van der Waals surface area contributed by atoms with Crippen molar-refractivity contribution in [2.75, 3.05) is 13.7 Å². The molecule has 0 saturated carbocycles. The molecule has 0 saturated heterocycles. The molecule has 0 aliphatic carbocycles. The third-order valence-electron chi connectivity index (χ3n) is 6.91. The summed E-state index contributed by atoms with van der Waals surface area (Å²) in [7, 11) is 1.11. The molecule has 0 amide bonds. The van der Waals surface area contributed by atoms with Crippen molar-refractivity contribution in [2.45, 2.75) is 31.4 Å². The van der Waals surface area contributed by atoms with Crippen LogP contribution in [0.15, 0.2) is 78.9 Å². The predicted molar refractivity (Wildman–Crippen MR) is 135 cm³/mol. The van der Waals surface area contributed by atoms with Gasteiger partial charge in [0, 0.05) is 24.1 Å². The summed E-state index contributed by atoms with van der Waals surface area (Å²) in [5.74, 6) is -2.61. The van der Waals surface area contributed by atoms with E-state index in [0.717, 1.165) is 18.7 Å². The van der Waals surface area contributed by atoms with Crippen LogP contribution in [0, 0.1) is 11.6 Å². The van der Waals surface area contributed by atoms with Crippen molar-refractivity contribution in [1.82, 2.24) is 5.32 Å². The molecule has 0 bridgehead atoms. The summed E-state index contributed by atoms with van der Waals surface area (Å²) in [6.07, 6.45) is 0.212. The topological polar surface area (TPSA) is 47.6 Å². The SMILES string of the molecule is COC(=O)c1c(F)ccc([C@@H]2C[C@H](CN[C@H](C)c3cccc4ccccc34)Oc3ccccc32)c1F. The smallest absolute Gasteiger partial charge is 0.343 e. The molecule has 184 valence electrons. The minimum absolute atomic E-state index is 0.0591. The first-order valence-electron chi connectivity index (χ1n) is 12.0. The van der Waals surface area contributed by atoms with Gasteiger partial charge in [-0.05, 0) is 47.4 Å². The van der Waals surface area contributed by atoms with Crippen molar-refractivity contribution in [3.05, 3.63) is 113 Å². The molecule has 4 nitrogen and oxygen atoms in total. The molecule has 0 spiro atoms. The maximum atomic E-state index is 15.5. The lowest BCUT2D eigenvalue weighted by Crippen LogP contribution is -2.37. The highest BCUT2D eigenvalue weighted by Gasteiger charge is 2.33. The molecule has 0 fully saturated rings. The second-order valence-electron chi connectivity index (χ2n) is 9.08. The fraction of sp³-hybridized carbons (Fsp3) is 0.233. The molecule has 6 heteroatoms. The van der Waals surface area contributed by atoms with Gasteiger partial charge in [-0.15, -0.1) is 0 Å². The maximum absolute atomic E-state index is 15.5. The average molecular weight is 488 g/mol. The van der Waals surface area contributed by atoms with Crippen molar-refractivity contribution in [2.24, 2.45) is 0 Å². The van der Waals surface area contributed by atoms with Gasteiger partial charge in [-0.25, -0.2) is 13.6 Å². The Labute approximate surface area is 208 Å². The molecule has 0 aromatic heterocycles. The zero-order valence-electron chi connectivity index (χ0n) is 20.1. The minimum atomic E-state index is -1.03. The number of esters is 1. The molecule has 3 atom stereocenters. The Bertz CT molecular complexity index is 1420. The van der Waals surface area contributed by atoms with Gasteiger partial charge < -0.3 is 14.8 Å². The van der Waals surface area contributed by atoms with Crippen molar-refractivity contribution in [3.8, 4) is 5.75 Å². The van der Waals surface area contributed by atoms with Crippen LogP contribution in [0.2, 0.25) is 0 Å². The van der Waals surface area contributed by atoms with E-state index < -0.39 is 29.1 Å². The number of benzene rings is 4. The zero-order chi connectivity index (χ0) is 25.2. The molecule has 1 heterocycles. The summed E-state index contributed by atoms with van der Waals surface area (Å²) in [6.45, 7) is 2.64. The summed E-state index contributed by atoms with van der Waals surface area (Å²) in [5, 5.41) is 5.94. The van der Waals surface area contributed by atoms with Crippen LogP contribution in [-0.4, -0.2) is 25.7 Å². The summed E-state index contributed by atoms with van der Waals surface area (Å²) < 4.78 is 40.7. The third kappa shape index (κ3) is 4.44. The van der Waals surface area contributed by atoms with E-state index in [1.54, 1.807) is 0 Å². The molecule has 36 heavy (non-hydrogen) atoms. The lowest BCUT2D eigenvalue weighted by Gasteiger charge is -2.33. The third-order valence-corrected chi connectivity index (χ3v) is 6.91. The van der Waals surface area contributed by atoms with E-state index >= 15 is 4.39 Å². The summed E-state index contributed by atoms with van der Waals surface area (Å²) in [6, 6.07) is 24.6. The highest BCUT2D eigenvalue weighted by atomic mass is 19.1. The number of rotatable bonds is 6. The van der Waals surface area contributed by atoms with E-state index in [0.29, 0.717) is 18.7 Å². The number of carbonyl (C=O) groups is 1. The molecule has 1 aliphatic heterocycles. The molecular formula is C30H27F2NO3. The van der Waals surface area contributed by atoms with Crippen LogP contribution in [0.4, 0.5) is 8.78 Å². The van der Waals surface area contributed by atoms with Crippen LogP contribution >= 0.6 is 0 Å². The predicted octanol–water partition coefficient (Wildman–Crippen LogP) is 6.54. The number of hydrogen-bond acceptors (Lipinski definition) is 4. The summed E-state index contributed by atoms with van der Waals surface area (Å²) in [4.78, 5) is 12.1. The molecule has 4 aromatic carbocycles. The zero-order valence-corrected chi connectivity index (χ0v) is 20.1. The number of ether oxygens (including phenoxy) is 2. The monoisotopic (exact) mass is 487 g/mol. The Morgan fingerprint density at radius 2 is 1.75 bits per heavy atom. The van der Waals surface area contributed by atoms with E-state index in [1.165, 1.54) is 22.4 Å². The lowest BCUT2D eigenvalue weighted by molar-refractivity contribution is 0.0589. The van der Waals surface area contributed by atoms with Crippen LogP contribution in [0.1, 0.15) is 52.4 Å². The second kappa shape index (κ2) is 10.1. The van der Waals surface area contributed by atoms with E-state index in [9.17, 15) is 9.18 Å². The standard InChI is InChI=1S/C30H27F2NO3/c1-18(21-12-7-9-19-8-3-4-10-22(19)21)33-17-20-16-25(23-11-5-6-13-27(23)36-20)24-14-15-26(31)28(29(24)32)30(34)35-2/h3-15,18,20,25,33H,16-17H2,1-2H3/t18-,20-,25-/m1/s1. The minimum Gasteiger partial charge on any atom is -0.489 e. The van der Waals surface area contributed by atoms with Gasteiger partial charge in [0.25, 0.3) is 0 Å². The lowest BCUT2D eigenvalue weighted by atomic mass is 9.83. The highest BCUT2D eigenvalue weighted by Crippen LogP contribution is 2.42. The van der Waals surface area contributed by atoms with Crippen LogP contribution in [0.3, 0.4) is 0 Å². The fourth-order valence-corrected chi connectivity index (χ4v) is 5.09. The van der Waals surface area contributed by atoms with Crippen molar-refractivity contribution < 1.29 is 23.0 Å². The van der Waals surface area contributed by atoms with Gasteiger partial charge in [0.05, 0.1) is 7.11 Å². The molecule has 0 radical (unpaired) electrons. The number of para-hydroxylation sites is 1. The number of methoxy groups -OCH3 is 1. The van der Waals surface area contributed by atoms with E-state index in [1.807, 2.05) is 36.4 Å². The summed E-state index contributed by atoms with van der Waals surface area (Å²) in [5.41, 5.74) is 1.57. The Kier molecular flexibility index (Phi) is 6.70. The first-order valence-corrected chi connectivity index (χ1v) is 12.0. The molecule has 1 N–H and O–H groups in total. The van der Waals surface area contributed by atoms with Gasteiger partial charge in [-0.2, -0.15) is 0 Å². The van der Waals surface area contributed by atoms with Crippen LogP contribution in [-0.2, 0) is 4.74 Å². The van der Waals surface area contributed by atoms with Crippen molar-refractivity contribution >= 4 is 16.7 Å².